The van der Waals surface area contributed by atoms with Crippen LogP contribution in [0.25, 0.3) is 0 Å². The maximum absolute atomic E-state index is 13.3. The number of allylic oxidation sites excluding steroid dienone is 1. The topological polar surface area (TPSA) is 46.9 Å². The molecule has 6 heteroatoms. The Kier molecular flexibility index (Phi) is 4.58. The summed E-state index contributed by atoms with van der Waals surface area (Å²) in [6.45, 7) is 7.77. The molecule has 0 aromatic carbocycles. The lowest BCUT2D eigenvalue weighted by Gasteiger charge is -2.15. The average Bonchev–Trinajstić information content (AvgIpc) is 2.64. The van der Waals surface area contributed by atoms with Gasteiger partial charge in [0.15, 0.2) is 0 Å². The van der Waals surface area contributed by atoms with Crippen molar-refractivity contribution in [2.75, 3.05) is 5.32 Å². The predicted molar refractivity (Wildman–Crippen MR) is 65.5 cm³/mol. The summed E-state index contributed by atoms with van der Waals surface area (Å²) in [5, 5.41) is 2.14. The highest BCUT2D eigenvalue weighted by atomic mass is 19.3. The lowest BCUT2D eigenvalue weighted by Crippen LogP contribution is -2.35. The van der Waals surface area contributed by atoms with E-state index in [1.165, 1.54) is 6.20 Å². The summed E-state index contributed by atoms with van der Waals surface area (Å²) in [7, 11) is 0. The van der Waals surface area contributed by atoms with Crippen molar-refractivity contribution in [2.45, 2.75) is 32.7 Å². The summed E-state index contributed by atoms with van der Waals surface area (Å²) >= 11 is 0. The van der Waals surface area contributed by atoms with Crippen LogP contribution in [0.15, 0.2) is 25.0 Å². The Morgan fingerprint density at radius 1 is 1.67 bits per heavy atom. The Labute approximate surface area is 105 Å². The number of nitrogens with one attached hydrogen (secondary N) is 1. The minimum Gasteiger partial charge on any atom is -0.317 e. The molecule has 1 amide bonds. The van der Waals surface area contributed by atoms with Crippen LogP contribution in [0.2, 0.25) is 0 Å². The first-order valence-electron chi connectivity index (χ1n) is 5.68. The van der Waals surface area contributed by atoms with Gasteiger partial charge < -0.3 is 4.57 Å². The van der Waals surface area contributed by atoms with Crippen LogP contribution in [0.1, 0.15) is 20.3 Å². The summed E-state index contributed by atoms with van der Waals surface area (Å²) in [5.41, 5.74) is 0. The van der Waals surface area contributed by atoms with Gasteiger partial charge in [0, 0.05) is 25.4 Å². The molecule has 0 aliphatic rings. The van der Waals surface area contributed by atoms with Crippen LogP contribution in [0.4, 0.5) is 14.7 Å². The second-order valence-corrected chi connectivity index (χ2v) is 4.45. The molecule has 0 saturated heterocycles. The molecule has 1 heterocycles. The fraction of sp³-hybridized carbons (Fsp3) is 0.500. The monoisotopic (exact) mass is 257 g/mol. The SMILES string of the molecule is C=CCC(F)(F)C(=O)Nc1nccn1CC(C)C. The second kappa shape index (κ2) is 5.75. The zero-order chi connectivity index (χ0) is 13.8. The van der Waals surface area contributed by atoms with Crippen LogP contribution in [0, 0.1) is 5.92 Å². The minimum atomic E-state index is -3.46. The molecule has 100 valence electrons. The van der Waals surface area contributed by atoms with E-state index in [1.54, 1.807) is 10.8 Å². The number of aromatic nitrogens is 2. The summed E-state index contributed by atoms with van der Waals surface area (Å²) in [6.07, 6.45) is 3.43. The average molecular weight is 257 g/mol. The Morgan fingerprint density at radius 2 is 2.33 bits per heavy atom. The molecule has 0 spiro atoms. The number of nitrogens with zero attached hydrogens (tertiary/aromatic N) is 2. The summed E-state index contributed by atoms with van der Waals surface area (Å²) in [5.74, 6) is -4.37. The van der Waals surface area contributed by atoms with Gasteiger partial charge in [-0.15, -0.1) is 6.58 Å². The van der Waals surface area contributed by atoms with Crippen molar-refractivity contribution >= 4 is 11.9 Å². The molecule has 0 bridgehead atoms. The molecule has 0 radical (unpaired) electrons. The number of anilines is 1. The Morgan fingerprint density at radius 3 is 2.89 bits per heavy atom. The maximum atomic E-state index is 13.3. The van der Waals surface area contributed by atoms with E-state index < -0.39 is 18.3 Å². The number of carbonyl (C=O) groups is 1. The third-order valence-corrected chi connectivity index (χ3v) is 2.24. The highest BCUT2D eigenvalue weighted by Gasteiger charge is 2.37. The molecule has 0 fully saturated rings. The number of hydrogen-bond acceptors (Lipinski definition) is 2. The molecule has 1 rings (SSSR count). The molecule has 0 saturated carbocycles. The molecular formula is C12H17F2N3O. The van der Waals surface area contributed by atoms with Crippen molar-refractivity contribution in [1.82, 2.24) is 9.55 Å². The largest absolute Gasteiger partial charge is 0.328 e. The highest BCUT2D eigenvalue weighted by molar-refractivity contribution is 5.94. The molecule has 1 aromatic rings. The molecule has 18 heavy (non-hydrogen) atoms. The Bertz CT molecular complexity index is 427. The number of amides is 1. The van der Waals surface area contributed by atoms with Crippen molar-refractivity contribution in [1.29, 1.82) is 0 Å². The van der Waals surface area contributed by atoms with Gasteiger partial charge in [-0.25, -0.2) is 4.98 Å². The van der Waals surface area contributed by atoms with Crippen molar-refractivity contribution < 1.29 is 13.6 Å². The Hall–Kier alpha value is -1.72. The summed E-state index contributed by atoms with van der Waals surface area (Å²) in [6, 6.07) is 0. The normalized spacial score (nSPS) is 11.6. The van der Waals surface area contributed by atoms with E-state index in [2.05, 4.69) is 16.9 Å². The highest BCUT2D eigenvalue weighted by Crippen LogP contribution is 2.21. The summed E-state index contributed by atoms with van der Waals surface area (Å²) in [4.78, 5) is 15.3. The van der Waals surface area contributed by atoms with Crippen molar-refractivity contribution in [3.8, 4) is 0 Å². The fourth-order valence-corrected chi connectivity index (χ4v) is 1.44. The number of carbonyl (C=O) groups excluding carboxylic acids is 1. The van der Waals surface area contributed by atoms with Crippen LogP contribution < -0.4 is 5.32 Å². The van der Waals surface area contributed by atoms with Gasteiger partial charge in [0.1, 0.15) is 0 Å². The Balaban J connectivity index is 2.76. The van der Waals surface area contributed by atoms with E-state index in [1.807, 2.05) is 13.8 Å². The molecule has 0 atom stereocenters. The number of hydrogen-bond donors (Lipinski definition) is 1. The van der Waals surface area contributed by atoms with Crippen LogP contribution >= 0.6 is 0 Å². The zero-order valence-electron chi connectivity index (χ0n) is 10.5. The molecular weight excluding hydrogens is 240 g/mol. The number of halogens is 2. The van der Waals surface area contributed by atoms with Crippen molar-refractivity contribution in [3.63, 3.8) is 0 Å². The van der Waals surface area contributed by atoms with Crippen molar-refractivity contribution in [3.05, 3.63) is 25.0 Å². The van der Waals surface area contributed by atoms with Crippen LogP contribution in [0.5, 0.6) is 0 Å². The molecule has 1 N–H and O–H groups in total. The lowest BCUT2D eigenvalue weighted by molar-refractivity contribution is -0.139. The van der Waals surface area contributed by atoms with E-state index in [0.29, 0.717) is 12.5 Å². The van der Waals surface area contributed by atoms with Gasteiger partial charge in [0.2, 0.25) is 5.95 Å². The van der Waals surface area contributed by atoms with E-state index in [9.17, 15) is 13.6 Å². The van der Waals surface area contributed by atoms with Crippen LogP contribution in [-0.4, -0.2) is 21.4 Å². The van der Waals surface area contributed by atoms with Gasteiger partial charge in [-0.1, -0.05) is 19.9 Å². The maximum Gasteiger partial charge on any atom is 0.328 e. The third kappa shape index (κ3) is 3.65. The van der Waals surface area contributed by atoms with Gasteiger partial charge in [-0.2, -0.15) is 8.78 Å². The molecule has 0 aliphatic heterocycles. The number of imidazole rings is 1. The minimum absolute atomic E-state index is 0.137. The summed E-state index contributed by atoms with van der Waals surface area (Å²) < 4.78 is 28.2. The smallest absolute Gasteiger partial charge is 0.317 e. The van der Waals surface area contributed by atoms with Gasteiger partial charge in [0.25, 0.3) is 5.91 Å². The standard InChI is InChI=1S/C12H17F2N3O/c1-4-5-12(13,14)10(18)16-11-15-6-7-17(11)8-9(2)3/h4,6-7,9H,1,5,8H2,2-3H3,(H,15,16,18). The van der Waals surface area contributed by atoms with Crippen LogP contribution in [-0.2, 0) is 11.3 Å². The number of alkyl halides is 2. The predicted octanol–water partition coefficient (Wildman–Crippen LogP) is 2.69. The first-order valence-corrected chi connectivity index (χ1v) is 5.68. The van der Waals surface area contributed by atoms with Gasteiger partial charge in [0.05, 0.1) is 0 Å². The van der Waals surface area contributed by atoms with Crippen LogP contribution in [0.3, 0.4) is 0 Å². The first kappa shape index (κ1) is 14.3. The quantitative estimate of drug-likeness (QED) is 0.796. The zero-order valence-corrected chi connectivity index (χ0v) is 10.5. The fourth-order valence-electron chi connectivity index (χ4n) is 1.44. The van der Waals surface area contributed by atoms with Gasteiger partial charge in [-0.05, 0) is 5.92 Å². The number of rotatable bonds is 6. The lowest BCUT2D eigenvalue weighted by atomic mass is 10.2. The molecule has 4 nitrogen and oxygen atoms in total. The molecule has 0 aliphatic carbocycles. The second-order valence-electron chi connectivity index (χ2n) is 4.45. The van der Waals surface area contributed by atoms with E-state index in [-0.39, 0.29) is 5.95 Å². The third-order valence-electron chi connectivity index (χ3n) is 2.24. The first-order chi connectivity index (χ1) is 8.36. The van der Waals surface area contributed by atoms with Gasteiger partial charge >= 0.3 is 5.92 Å². The van der Waals surface area contributed by atoms with E-state index in [4.69, 9.17) is 0 Å². The van der Waals surface area contributed by atoms with E-state index >= 15 is 0 Å². The van der Waals surface area contributed by atoms with Gasteiger partial charge in [-0.3, -0.25) is 10.1 Å². The molecule has 1 aromatic heterocycles. The molecule has 0 unspecified atom stereocenters. The van der Waals surface area contributed by atoms with E-state index in [0.717, 1.165) is 6.08 Å². The van der Waals surface area contributed by atoms with Crippen molar-refractivity contribution in [2.24, 2.45) is 5.92 Å².